The van der Waals surface area contributed by atoms with Crippen LogP contribution in [0.15, 0.2) is 24.3 Å². The van der Waals surface area contributed by atoms with Crippen LogP contribution in [-0.2, 0) is 21.2 Å². The number of nitrogens with one attached hydrogen (secondary N) is 1. The van der Waals surface area contributed by atoms with Crippen LogP contribution in [0.25, 0.3) is 0 Å². The Morgan fingerprint density at radius 2 is 1.95 bits per heavy atom. The standard InChI is InChI=1S/C11H15ClN2O4S/c12-5-6-19(17,18)14-9-3-1-8(2-4-9)7-10(13)11(15)16/h1-4,10,14H,5-7,13H2,(H,15,16). The number of anilines is 1. The molecule has 0 amide bonds. The summed E-state index contributed by atoms with van der Waals surface area (Å²) in [6, 6.07) is 5.38. The fourth-order valence-electron chi connectivity index (χ4n) is 1.38. The Morgan fingerprint density at radius 3 is 2.42 bits per heavy atom. The van der Waals surface area contributed by atoms with Crippen molar-refractivity contribution in [3.63, 3.8) is 0 Å². The zero-order valence-electron chi connectivity index (χ0n) is 10.0. The first-order valence-electron chi connectivity index (χ1n) is 5.48. The molecule has 0 radical (unpaired) electrons. The molecule has 6 nitrogen and oxygen atoms in total. The molecule has 1 rings (SSSR count). The smallest absolute Gasteiger partial charge is 0.320 e. The summed E-state index contributed by atoms with van der Waals surface area (Å²) in [5.41, 5.74) is 6.52. The molecule has 0 spiro atoms. The number of nitrogens with two attached hydrogens (primary N) is 1. The predicted molar refractivity (Wildman–Crippen MR) is 73.9 cm³/mol. The summed E-state index contributed by atoms with van der Waals surface area (Å²) in [6.45, 7) is 0. The summed E-state index contributed by atoms with van der Waals surface area (Å²) in [5, 5.41) is 8.68. The van der Waals surface area contributed by atoms with Crippen LogP contribution in [0.2, 0.25) is 0 Å². The molecular formula is C11H15ClN2O4S. The molecular weight excluding hydrogens is 292 g/mol. The number of halogens is 1. The minimum Gasteiger partial charge on any atom is -0.480 e. The number of carboxylic acids is 1. The zero-order chi connectivity index (χ0) is 14.5. The Morgan fingerprint density at radius 1 is 1.37 bits per heavy atom. The van der Waals surface area contributed by atoms with Gasteiger partial charge in [-0.1, -0.05) is 12.1 Å². The van der Waals surface area contributed by atoms with Crippen LogP contribution in [0.1, 0.15) is 5.56 Å². The largest absolute Gasteiger partial charge is 0.480 e. The SMILES string of the molecule is NC(Cc1ccc(NS(=O)(=O)CCCl)cc1)C(=O)O. The lowest BCUT2D eigenvalue weighted by Crippen LogP contribution is -2.32. The molecule has 0 fully saturated rings. The van der Waals surface area contributed by atoms with E-state index in [9.17, 15) is 13.2 Å². The highest BCUT2D eigenvalue weighted by molar-refractivity contribution is 7.92. The van der Waals surface area contributed by atoms with E-state index in [1.165, 1.54) is 0 Å². The van der Waals surface area contributed by atoms with Crippen molar-refractivity contribution in [3.05, 3.63) is 29.8 Å². The van der Waals surface area contributed by atoms with Gasteiger partial charge in [0.15, 0.2) is 0 Å². The molecule has 19 heavy (non-hydrogen) atoms. The molecule has 1 atom stereocenters. The van der Waals surface area contributed by atoms with Crippen LogP contribution in [0.3, 0.4) is 0 Å². The lowest BCUT2D eigenvalue weighted by molar-refractivity contribution is -0.138. The molecule has 0 saturated carbocycles. The summed E-state index contributed by atoms with van der Waals surface area (Å²) < 4.78 is 25.3. The van der Waals surface area contributed by atoms with E-state index in [-0.39, 0.29) is 18.1 Å². The quantitative estimate of drug-likeness (QED) is 0.640. The number of hydrogen-bond donors (Lipinski definition) is 3. The van der Waals surface area contributed by atoms with E-state index < -0.39 is 22.0 Å². The van der Waals surface area contributed by atoms with E-state index in [0.29, 0.717) is 5.69 Å². The Kier molecular flexibility index (Phi) is 5.59. The Bertz CT molecular complexity index is 530. The Labute approximate surface area is 116 Å². The number of rotatable bonds is 7. The van der Waals surface area contributed by atoms with Crippen LogP contribution in [0.4, 0.5) is 5.69 Å². The fraction of sp³-hybridized carbons (Fsp3) is 0.364. The molecule has 1 aromatic carbocycles. The molecule has 106 valence electrons. The molecule has 0 saturated heterocycles. The second kappa shape index (κ2) is 6.74. The second-order valence-electron chi connectivity index (χ2n) is 3.96. The number of carboxylic acid groups (broad SMARTS) is 1. The van der Waals surface area contributed by atoms with Crippen LogP contribution < -0.4 is 10.5 Å². The fourth-order valence-corrected chi connectivity index (χ4v) is 2.79. The summed E-state index contributed by atoms with van der Waals surface area (Å²) >= 11 is 5.38. The van der Waals surface area contributed by atoms with Crippen molar-refractivity contribution in [2.75, 3.05) is 16.4 Å². The first-order valence-corrected chi connectivity index (χ1v) is 7.66. The third kappa shape index (κ3) is 5.46. The van der Waals surface area contributed by atoms with Gasteiger partial charge in [0.1, 0.15) is 6.04 Å². The van der Waals surface area contributed by atoms with Gasteiger partial charge in [-0.15, -0.1) is 11.6 Å². The maximum atomic E-state index is 11.5. The number of aliphatic carboxylic acids is 1. The normalized spacial score (nSPS) is 12.9. The predicted octanol–water partition coefficient (Wildman–Crippen LogP) is 0.621. The average molecular weight is 307 g/mol. The zero-order valence-corrected chi connectivity index (χ0v) is 11.6. The van der Waals surface area contributed by atoms with E-state index in [1.54, 1.807) is 24.3 Å². The molecule has 0 aliphatic carbocycles. The van der Waals surface area contributed by atoms with Gasteiger partial charge in [-0.05, 0) is 24.1 Å². The van der Waals surface area contributed by atoms with Gasteiger partial charge in [-0.2, -0.15) is 0 Å². The maximum Gasteiger partial charge on any atom is 0.320 e. The summed E-state index contributed by atoms with van der Waals surface area (Å²) in [5.74, 6) is -1.23. The highest BCUT2D eigenvalue weighted by atomic mass is 35.5. The van der Waals surface area contributed by atoms with Crippen LogP contribution >= 0.6 is 11.6 Å². The Hall–Kier alpha value is -1.31. The van der Waals surface area contributed by atoms with E-state index in [2.05, 4.69) is 4.72 Å². The molecule has 0 aromatic heterocycles. The summed E-state index contributed by atoms with van der Waals surface area (Å²) in [4.78, 5) is 10.6. The number of sulfonamides is 1. The topological polar surface area (TPSA) is 109 Å². The average Bonchev–Trinajstić information content (AvgIpc) is 2.31. The van der Waals surface area contributed by atoms with Gasteiger partial charge in [0.2, 0.25) is 10.0 Å². The van der Waals surface area contributed by atoms with Crippen molar-refractivity contribution >= 4 is 33.3 Å². The van der Waals surface area contributed by atoms with Crippen LogP contribution in [0.5, 0.6) is 0 Å². The molecule has 0 aliphatic rings. The van der Waals surface area contributed by atoms with E-state index >= 15 is 0 Å². The van der Waals surface area contributed by atoms with Crippen LogP contribution in [-0.4, -0.2) is 37.2 Å². The van der Waals surface area contributed by atoms with Crippen molar-refractivity contribution < 1.29 is 18.3 Å². The van der Waals surface area contributed by atoms with Crippen molar-refractivity contribution in [1.82, 2.24) is 0 Å². The lowest BCUT2D eigenvalue weighted by Gasteiger charge is -2.09. The van der Waals surface area contributed by atoms with Gasteiger partial charge >= 0.3 is 5.97 Å². The Balaban J connectivity index is 2.69. The van der Waals surface area contributed by atoms with Crippen molar-refractivity contribution in [2.45, 2.75) is 12.5 Å². The third-order valence-corrected chi connectivity index (χ3v) is 4.05. The molecule has 0 bridgehead atoms. The molecule has 0 heterocycles. The highest BCUT2D eigenvalue weighted by Crippen LogP contribution is 2.12. The van der Waals surface area contributed by atoms with Gasteiger partial charge < -0.3 is 10.8 Å². The van der Waals surface area contributed by atoms with Crippen molar-refractivity contribution in [1.29, 1.82) is 0 Å². The number of benzene rings is 1. The van der Waals surface area contributed by atoms with Gasteiger partial charge in [-0.25, -0.2) is 8.42 Å². The molecule has 4 N–H and O–H groups in total. The molecule has 1 unspecified atom stereocenters. The van der Waals surface area contributed by atoms with Gasteiger partial charge in [0, 0.05) is 11.6 Å². The monoisotopic (exact) mass is 306 g/mol. The summed E-state index contributed by atoms with van der Waals surface area (Å²) in [7, 11) is -3.43. The first-order chi connectivity index (χ1) is 8.84. The second-order valence-corrected chi connectivity index (χ2v) is 6.18. The van der Waals surface area contributed by atoms with Crippen molar-refractivity contribution in [2.24, 2.45) is 5.73 Å². The summed E-state index contributed by atoms with van der Waals surface area (Å²) in [6.07, 6.45) is 0.185. The van der Waals surface area contributed by atoms with E-state index in [4.69, 9.17) is 22.4 Å². The van der Waals surface area contributed by atoms with Gasteiger partial charge in [-0.3, -0.25) is 9.52 Å². The number of alkyl halides is 1. The van der Waals surface area contributed by atoms with Gasteiger partial charge in [0.05, 0.1) is 5.75 Å². The number of carbonyl (C=O) groups is 1. The minimum absolute atomic E-state index is 0.0148. The molecule has 1 aromatic rings. The van der Waals surface area contributed by atoms with Crippen LogP contribution in [0, 0.1) is 0 Å². The highest BCUT2D eigenvalue weighted by Gasteiger charge is 2.13. The van der Waals surface area contributed by atoms with Gasteiger partial charge in [0.25, 0.3) is 0 Å². The van der Waals surface area contributed by atoms with Crippen molar-refractivity contribution in [3.8, 4) is 0 Å². The first kappa shape index (κ1) is 15.7. The minimum atomic E-state index is -3.43. The maximum absolute atomic E-state index is 11.5. The number of hydrogen-bond acceptors (Lipinski definition) is 4. The lowest BCUT2D eigenvalue weighted by atomic mass is 10.1. The third-order valence-electron chi connectivity index (χ3n) is 2.35. The van der Waals surface area contributed by atoms with E-state index in [0.717, 1.165) is 5.56 Å². The molecule has 8 heteroatoms. The molecule has 0 aliphatic heterocycles. The van der Waals surface area contributed by atoms with E-state index in [1.807, 2.05) is 0 Å².